The van der Waals surface area contributed by atoms with Gasteiger partial charge in [-0.15, -0.1) is 0 Å². The highest BCUT2D eigenvalue weighted by Crippen LogP contribution is 2.21. The summed E-state index contributed by atoms with van der Waals surface area (Å²) >= 11 is 0. The Morgan fingerprint density at radius 1 is 0.556 bits per heavy atom. The number of hydrogen-bond donors (Lipinski definition) is 14. The second-order valence-corrected chi connectivity index (χ2v) is 17.7. The van der Waals surface area contributed by atoms with E-state index in [-0.39, 0.29) is 53.8 Å². The molecule has 0 bridgehead atoms. The van der Waals surface area contributed by atoms with Gasteiger partial charge in [-0.25, -0.2) is 9.59 Å². The van der Waals surface area contributed by atoms with Gasteiger partial charge in [0.1, 0.15) is 12.2 Å². The molecule has 0 saturated carbocycles. The van der Waals surface area contributed by atoms with E-state index in [0.717, 1.165) is 23.0 Å². The maximum absolute atomic E-state index is 11.7. The van der Waals surface area contributed by atoms with Crippen LogP contribution in [0.1, 0.15) is 43.4 Å². The Balaban J connectivity index is -0.000000243. The third kappa shape index (κ3) is 29.2. The monoisotopic (exact) mass is 858 g/mol. The van der Waals surface area contributed by atoms with E-state index in [1.54, 1.807) is 70.9 Å². The number of rotatable bonds is 27. The maximum Gasteiger partial charge on any atom is 1.00 e. The molecule has 16 N–H and O–H groups in total. The summed E-state index contributed by atoms with van der Waals surface area (Å²) in [7, 11) is 6.65. The van der Waals surface area contributed by atoms with Gasteiger partial charge in [0.05, 0.1) is 13.2 Å². The van der Waals surface area contributed by atoms with Gasteiger partial charge in [0, 0.05) is 86.0 Å². The summed E-state index contributed by atoms with van der Waals surface area (Å²) in [6.07, 6.45) is -6.85. The van der Waals surface area contributed by atoms with Crippen molar-refractivity contribution < 1.29 is 72.5 Å². The van der Waals surface area contributed by atoms with E-state index in [1.807, 2.05) is 0 Å². The van der Waals surface area contributed by atoms with Crippen molar-refractivity contribution in [2.45, 2.75) is 65.0 Å². The molecule has 20 nitrogen and oxygen atoms in total. The first-order chi connectivity index (χ1) is 25.2. The number of carboxylic acids is 2. The average molecular weight is 859 g/mol. The number of nitrogens with two attached hydrogens (primary N) is 2. The highest BCUT2D eigenvalue weighted by Gasteiger charge is 2.34. The zero-order valence-electron chi connectivity index (χ0n) is 33.0. The first-order valence-electron chi connectivity index (χ1n) is 16.5. The molecule has 0 radical (unpaired) electrons. The van der Waals surface area contributed by atoms with Crippen LogP contribution in [0.4, 0.5) is 0 Å². The van der Waals surface area contributed by atoms with Crippen molar-refractivity contribution in [1.29, 1.82) is 0 Å². The molecule has 2 unspecified atom stereocenters. The maximum atomic E-state index is 11.7. The van der Waals surface area contributed by atoms with Crippen LogP contribution in [0.2, 0.25) is 0 Å². The first kappa shape index (κ1) is 56.2. The fraction of sp³-hybridized carbons (Fsp3) is 0.800. The number of aliphatic hydroxyl groups is 6. The SMILES string of the molecule is CC(C)(CO)[C@@H](O)C(=O)NCCC(=O)NCCSSCCN.CC(C)(CO)[C@@H](O)C(=O)NCCC(=O)NCCSSCCN.O=C(O)C(O)C(O)C(=O)O.[H+].[H+]. The molecule has 4 atom stereocenters. The predicted octanol–water partition coefficient (Wildman–Crippen LogP) is -3.24. The number of amides is 4. The second-order valence-electron chi connectivity index (χ2n) is 12.3. The first-order valence-corrected chi connectivity index (χ1v) is 21.5. The lowest BCUT2D eigenvalue weighted by Gasteiger charge is -2.27. The predicted molar refractivity (Wildman–Crippen MR) is 212 cm³/mol. The van der Waals surface area contributed by atoms with Crippen molar-refractivity contribution >= 4 is 78.7 Å². The summed E-state index contributed by atoms with van der Waals surface area (Å²) in [5.41, 5.74) is 8.89. The summed E-state index contributed by atoms with van der Waals surface area (Å²) in [5, 5.41) is 80.7. The lowest BCUT2D eigenvalue weighted by atomic mass is 9.87. The Kier molecular flexibility index (Phi) is 34.4. The minimum atomic E-state index is -2.27. The lowest BCUT2D eigenvalue weighted by Crippen LogP contribution is -2.46. The van der Waals surface area contributed by atoms with E-state index in [2.05, 4.69) is 21.3 Å². The van der Waals surface area contributed by atoms with Crippen LogP contribution in [-0.2, 0) is 28.8 Å². The third-order valence-electron chi connectivity index (χ3n) is 6.48. The van der Waals surface area contributed by atoms with Gasteiger partial charge in [-0.1, -0.05) is 70.9 Å². The number of carboxylic acid groups (broad SMARTS) is 2. The molecule has 0 aromatic carbocycles. The van der Waals surface area contributed by atoms with Crippen molar-refractivity contribution in [2.75, 3.05) is 75.5 Å². The van der Waals surface area contributed by atoms with Crippen LogP contribution in [0.5, 0.6) is 0 Å². The molecule has 318 valence electrons. The summed E-state index contributed by atoms with van der Waals surface area (Å²) in [6, 6.07) is 0. The Hall–Kier alpha value is -2.10. The van der Waals surface area contributed by atoms with Gasteiger partial charge in [0.2, 0.25) is 23.6 Å². The highest BCUT2D eigenvalue weighted by atomic mass is 33.1. The van der Waals surface area contributed by atoms with Crippen LogP contribution in [0.25, 0.3) is 0 Å². The minimum Gasteiger partial charge on any atom is -0.479 e. The zero-order chi connectivity index (χ0) is 42.3. The number of carbonyl (C=O) groups is 6. The molecule has 0 heterocycles. The van der Waals surface area contributed by atoms with Crippen molar-refractivity contribution in [3.05, 3.63) is 0 Å². The zero-order valence-corrected chi connectivity index (χ0v) is 34.3. The van der Waals surface area contributed by atoms with Crippen molar-refractivity contribution in [2.24, 2.45) is 22.3 Å². The molecule has 0 spiro atoms. The molecule has 0 aliphatic carbocycles. The Morgan fingerprint density at radius 2 is 0.852 bits per heavy atom. The number of aliphatic carboxylic acids is 2. The van der Waals surface area contributed by atoms with E-state index in [0.29, 0.717) is 26.2 Å². The van der Waals surface area contributed by atoms with Gasteiger partial charge < -0.3 is 73.6 Å². The molecule has 24 heteroatoms. The van der Waals surface area contributed by atoms with E-state index in [1.165, 1.54) is 0 Å². The molecule has 0 aliphatic heterocycles. The fourth-order valence-electron chi connectivity index (χ4n) is 2.92. The molecule has 0 aliphatic rings. The fourth-order valence-corrected chi connectivity index (χ4v) is 6.44. The van der Waals surface area contributed by atoms with Crippen molar-refractivity contribution in [1.82, 2.24) is 21.3 Å². The standard InChI is InChI=1S/2C13H27N3O4S2.C4H6O6/c2*1-13(2,9-17)11(19)12(20)16-5-3-10(18)15-6-8-22-21-7-4-14;5-1(3(7)8)2(6)4(9)10/h2*11,17,19H,3-9,14H2,1-2H3,(H,15,18)(H,16,20);1-2,5-6H,(H,7,8)(H,9,10)/p+2/t2*11-;/m00./s1. The Bertz CT molecular complexity index is 1030. The second kappa shape index (κ2) is 33.1. The summed E-state index contributed by atoms with van der Waals surface area (Å²) in [4.78, 5) is 66.0. The van der Waals surface area contributed by atoms with E-state index in [9.17, 15) is 39.0 Å². The number of carbonyl (C=O) groups excluding carboxylic acids is 4. The molecule has 0 aromatic rings. The van der Waals surface area contributed by atoms with E-state index in [4.69, 9.17) is 42.1 Å². The van der Waals surface area contributed by atoms with Crippen molar-refractivity contribution in [3.8, 4) is 0 Å². The van der Waals surface area contributed by atoms with Gasteiger partial charge in [0.25, 0.3) is 0 Å². The van der Waals surface area contributed by atoms with Gasteiger partial charge in [-0.05, 0) is 0 Å². The quantitative estimate of drug-likeness (QED) is 0.0285. The molecule has 0 saturated heterocycles. The minimum absolute atomic E-state index is 0. The molecule has 0 fully saturated rings. The molecule has 54 heavy (non-hydrogen) atoms. The molecule has 0 aromatic heterocycles. The summed E-state index contributed by atoms with van der Waals surface area (Å²) in [6.45, 7) is 8.46. The van der Waals surface area contributed by atoms with Crippen LogP contribution in [0.3, 0.4) is 0 Å². The Labute approximate surface area is 334 Å². The van der Waals surface area contributed by atoms with Crippen LogP contribution in [-0.4, -0.2) is 176 Å². The number of hydrogen-bond acceptors (Lipinski definition) is 18. The summed E-state index contributed by atoms with van der Waals surface area (Å²) < 4.78 is 0. The molecular weight excluding hydrogens is 797 g/mol. The van der Waals surface area contributed by atoms with Gasteiger partial charge in [0.15, 0.2) is 12.2 Å². The molecule has 4 amide bonds. The van der Waals surface area contributed by atoms with Gasteiger partial charge in [-0.3, -0.25) is 19.2 Å². The molecular formula is C30H62N6O14S4+2. The van der Waals surface area contributed by atoms with Gasteiger partial charge >= 0.3 is 14.8 Å². The number of nitrogens with one attached hydrogen (secondary N) is 4. The van der Waals surface area contributed by atoms with Crippen LogP contribution >= 0.6 is 43.2 Å². The van der Waals surface area contributed by atoms with Crippen LogP contribution in [0, 0.1) is 10.8 Å². The lowest BCUT2D eigenvalue weighted by molar-refractivity contribution is -0.165. The van der Waals surface area contributed by atoms with E-state index >= 15 is 0 Å². The smallest absolute Gasteiger partial charge is 0.479 e. The van der Waals surface area contributed by atoms with E-state index < -0.39 is 59.0 Å². The van der Waals surface area contributed by atoms with Crippen LogP contribution in [0.15, 0.2) is 0 Å². The molecule has 0 rings (SSSR count). The largest absolute Gasteiger partial charge is 1.00 e. The normalized spacial score (nSPS) is 13.3. The van der Waals surface area contributed by atoms with Crippen LogP contribution < -0.4 is 32.7 Å². The summed E-state index contributed by atoms with van der Waals surface area (Å²) in [5.74, 6) is -1.64. The topological polar surface area (TPSA) is 364 Å². The highest BCUT2D eigenvalue weighted by molar-refractivity contribution is 8.77. The third-order valence-corrected chi connectivity index (χ3v) is 11.4. The number of aliphatic hydroxyl groups excluding tert-OH is 6. The Morgan fingerprint density at radius 3 is 1.11 bits per heavy atom. The van der Waals surface area contributed by atoms with Crippen molar-refractivity contribution in [3.63, 3.8) is 0 Å². The van der Waals surface area contributed by atoms with Gasteiger partial charge in [-0.2, -0.15) is 0 Å². The average Bonchev–Trinajstić information content (AvgIpc) is 3.13.